The van der Waals surface area contributed by atoms with Crippen molar-refractivity contribution in [1.29, 1.82) is 0 Å². The predicted octanol–water partition coefficient (Wildman–Crippen LogP) is 1.85. The molecule has 1 aromatic rings. The molecule has 0 aliphatic carbocycles. The van der Waals surface area contributed by atoms with Crippen molar-refractivity contribution in [3.05, 3.63) is 35.9 Å². The lowest BCUT2D eigenvalue weighted by Crippen LogP contribution is -2.38. The summed E-state index contributed by atoms with van der Waals surface area (Å²) >= 11 is 0. The van der Waals surface area contributed by atoms with Crippen LogP contribution in [0.2, 0.25) is 0 Å². The van der Waals surface area contributed by atoms with Gasteiger partial charge in [0.05, 0.1) is 0 Å². The van der Waals surface area contributed by atoms with E-state index in [1.165, 1.54) is 6.21 Å². The molecule has 1 atom stereocenters. The molecule has 1 aliphatic rings. The number of carboxylic acids is 1. The highest BCUT2D eigenvalue weighted by Crippen LogP contribution is 2.26. The Bertz CT molecular complexity index is 392. The van der Waals surface area contributed by atoms with Crippen LogP contribution >= 0.6 is 0 Å². The molecule has 16 heavy (non-hydrogen) atoms. The summed E-state index contributed by atoms with van der Waals surface area (Å²) < 4.78 is 0. The van der Waals surface area contributed by atoms with Crippen LogP contribution in [-0.2, 0) is 16.1 Å². The molecule has 0 saturated heterocycles. The average molecular weight is 219 g/mol. The van der Waals surface area contributed by atoms with Gasteiger partial charge in [-0.1, -0.05) is 35.5 Å². The van der Waals surface area contributed by atoms with E-state index in [4.69, 9.17) is 9.94 Å². The zero-order valence-corrected chi connectivity index (χ0v) is 8.80. The maximum atomic E-state index is 11.1. The SMILES string of the molecule is O=C(O)C1(CCc2ccccc2)CC=NO1. The second kappa shape index (κ2) is 4.35. The van der Waals surface area contributed by atoms with Crippen molar-refractivity contribution in [2.45, 2.75) is 24.9 Å². The molecule has 0 bridgehead atoms. The molecular weight excluding hydrogens is 206 g/mol. The van der Waals surface area contributed by atoms with E-state index >= 15 is 0 Å². The molecule has 1 N–H and O–H groups in total. The van der Waals surface area contributed by atoms with Crippen molar-refractivity contribution >= 4 is 12.2 Å². The molecule has 1 aromatic carbocycles. The summed E-state index contributed by atoms with van der Waals surface area (Å²) in [4.78, 5) is 16.1. The molecule has 4 heteroatoms. The summed E-state index contributed by atoms with van der Waals surface area (Å²) in [6, 6.07) is 9.77. The zero-order valence-electron chi connectivity index (χ0n) is 8.80. The molecule has 0 radical (unpaired) electrons. The lowest BCUT2D eigenvalue weighted by atomic mass is 9.92. The van der Waals surface area contributed by atoms with Gasteiger partial charge < -0.3 is 9.94 Å². The van der Waals surface area contributed by atoms with Gasteiger partial charge in [-0.15, -0.1) is 0 Å². The standard InChI is InChI=1S/C12H13NO3/c14-11(15)12(8-9-13-16-12)7-6-10-4-2-1-3-5-10/h1-5,9H,6-8H2,(H,14,15). The van der Waals surface area contributed by atoms with Gasteiger partial charge in [0.1, 0.15) is 0 Å². The van der Waals surface area contributed by atoms with Gasteiger partial charge in [0.2, 0.25) is 5.60 Å². The quantitative estimate of drug-likeness (QED) is 0.840. The van der Waals surface area contributed by atoms with E-state index in [2.05, 4.69) is 5.16 Å². The summed E-state index contributed by atoms with van der Waals surface area (Å²) in [5.74, 6) is -0.944. The minimum absolute atomic E-state index is 0.342. The van der Waals surface area contributed by atoms with E-state index in [1.54, 1.807) is 0 Å². The first kappa shape index (κ1) is 10.7. The molecule has 1 aliphatic heterocycles. The van der Waals surface area contributed by atoms with Gasteiger partial charge in [-0.3, -0.25) is 0 Å². The Labute approximate surface area is 93.5 Å². The fourth-order valence-corrected chi connectivity index (χ4v) is 1.73. The molecule has 1 unspecified atom stereocenters. The number of oxime groups is 1. The minimum atomic E-state index is -1.16. The van der Waals surface area contributed by atoms with Crippen molar-refractivity contribution in [1.82, 2.24) is 0 Å². The highest BCUT2D eigenvalue weighted by molar-refractivity contribution is 5.83. The van der Waals surface area contributed by atoms with Gasteiger partial charge in [-0.05, 0) is 12.0 Å². The third kappa shape index (κ3) is 2.05. The molecule has 1 heterocycles. The number of nitrogens with zero attached hydrogens (tertiary/aromatic N) is 1. The highest BCUT2D eigenvalue weighted by atomic mass is 16.7. The molecule has 0 spiro atoms. The normalized spacial score (nSPS) is 23.0. The van der Waals surface area contributed by atoms with Crippen LogP contribution in [0.3, 0.4) is 0 Å². The third-order valence-electron chi connectivity index (χ3n) is 2.77. The van der Waals surface area contributed by atoms with Crippen LogP contribution in [0.5, 0.6) is 0 Å². The summed E-state index contributed by atoms with van der Waals surface area (Å²) in [5.41, 5.74) is -0.0471. The molecule has 84 valence electrons. The van der Waals surface area contributed by atoms with E-state index in [-0.39, 0.29) is 0 Å². The first-order valence-corrected chi connectivity index (χ1v) is 5.20. The van der Waals surface area contributed by atoms with Gasteiger partial charge in [0.15, 0.2) is 0 Å². The fraction of sp³-hybridized carbons (Fsp3) is 0.333. The second-order valence-corrected chi connectivity index (χ2v) is 3.87. The Balaban J connectivity index is 2.01. The van der Waals surface area contributed by atoms with Crippen LogP contribution in [0.4, 0.5) is 0 Å². The molecule has 0 saturated carbocycles. The minimum Gasteiger partial charge on any atom is -0.478 e. The van der Waals surface area contributed by atoms with Crippen molar-refractivity contribution in [3.8, 4) is 0 Å². The summed E-state index contributed by atoms with van der Waals surface area (Å²) in [5, 5.41) is 12.7. The topological polar surface area (TPSA) is 58.9 Å². The summed E-state index contributed by atoms with van der Waals surface area (Å²) in [6.07, 6.45) is 2.97. The molecule has 0 fully saturated rings. The number of benzene rings is 1. The third-order valence-corrected chi connectivity index (χ3v) is 2.77. The van der Waals surface area contributed by atoms with E-state index in [0.29, 0.717) is 19.3 Å². The van der Waals surface area contributed by atoms with E-state index in [9.17, 15) is 4.79 Å². The Kier molecular flexibility index (Phi) is 2.90. The second-order valence-electron chi connectivity index (χ2n) is 3.87. The lowest BCUT2D eigenvalue weighted by Gasteiger charge is -2.21. The summed E-state index contributed by atoms with van der Waals surface area (Å²) in [7, 11) is 0. The van der Waals surface area contributed by atoms with E-state index < -0.39 is 11.6 Å². The van der Waals surface area contributed by atoms with Gasteiger partial charge in [-0.2, -0.15) is 0 Å². The molecular formula is C12H13NO3. The van der Waals surface area contributed by atoms with Crippen LogP contribution in [0.1, 0.15) is 18.4 Å². The van der Waals surface area contributed by atoms with Crippen LogP contribution in [0.15, 0.2) is 35.5 Å². The number of hydrogen-bond donors (Lipinski definition) is 1. The largest absolute Gasteiger partial charge is 0.478 e. The Morgan fingerprint density at radius 3 is 2.75 bits per heavy atom. The first-order valence-electron chi connectivity index (χ1n) is 5.20. The van der Waals surface area contributed by atoms with Crippen LogP contribution in [-0.4, -0.2) is 22.9 Å². The smallest absolute Gasteiger partial charge is 0.351 e. The number of aryl methyl sites for hydroxylation is 1. The fourth-order valence-electron chi connectivity index (χ4n) is 1.73. The first-order chi connectivity index (χ1) is 7.73. The molecule has 2 rings (SSSR count). The van der Waals surface area contributed by atoms with Gasteiger partial charge in [0.25, 0.3) is 0 Å². The van der Waals surface area contributed by atoms with Crippen LogP contribution in [0.25, 0.3) is 0 Å². The van der Waals surface area contributed by atoms with Crippen molar-refractivity contribution < 1.29 is 14.7 Å². The Hall–Kier alpha value is -1.84. The summed E-state index contributed by atoms with van der Waals surface area (Å²) in [6.45, 7) is 0. The van der Waals surface area contributed by atoms with Gasteiger partial charge >= 0.3 is 5.97 Å². The highest BCUT2D eigenvalue weighted by Gasteiger charge is 2.43. The van der Waals surface area contributed by atoms with E-state index in [0.717, 1.165) is 5.56 Å². The zero-order chi connectivity index (χ0) is 11.4. The Morgan fingerprint density at radius 1 is 1.44 bits per heavy atom. The average Bonchev–Trinajstić information content (AvgIpc) is 2.78. The van der Waals surface area contributed by atoms with Crippen molar-refractivity contribution in [3.63, 3.8) is 0 Å². The Morgan fingerprint density at radius 2 is 2.19 bits per heavy atom. The van der Waals surface area contributed by atoms with Crippen LogP contribution < -0.4 is 0 Å². The molecule has 4 nitrogen and oxygen atoms in total. The van der Waals surface area contributed by atoms with Crippen molar-refractivity contribution in [2.24, 2.45) is 5.16 Å². The molecule has 0 amide bonds. The van der Waals surface area contributed by atoms with E-state index in [1.807, 2.05) is 30.3 Å². The van der Waals surface area contributed by atoms with Gasteiger partial charge in [0, 0.05) is 19.1 Å². The van der Waals surface area contributed by atoms with Crippen molar-refractivity contribution in [2.75, 3.05) is 0 Å². The number of carbonyl (C=O) groups is 1. The van der Waals surface area contributed by atoms with Crippen LogP contribution in [0, 0.1) is 0 Å². The maximum absolute atomic E-state index is 11.1. The lowest BCUT2D eigenvalue weighted by molar-refractivity contribution is -0.163. The number of aliphatic carboxylic acids is 1. The monoisotopic (exact) mass is 219 g/mol. The predicted molar refractivity (Wildman–Crippen MR) is 59.3 cm³/mol. The van der Waals surface area contributed by atoms with Gasteiger partial charge in [-0.25, -0.2) is 4.79 Å². The number of hydrogen-bond acceptors (Lipinski definition) is 3. The maximum Gasteiger partial charge on any atom is 0.351 e. The number of rotatable bonds is 4. The molecule has 0 aromatic heterocycles. The number of carboxylic acid groups (broad SMARTS) is 1.